The van der Waals surface area contributed by atoms with Crippen LogP contribution in [-0.4, -0.2) is 41.7 Å². The molecule has 1 aliphatic rings. The Bertz CT molecular complexity index is 1690. The van der Waals surface area contributed by atoms with Gasteiger partial charge in [0.05, 0.1) is 0 Å². The number of fused-ring (bicyclic) bond motifs is 2. The molecule has 0 saturated carbocycles. The summed E-state index contributed by atoms with van der Waals surface area (Å²) in [7, 11) is 2.77. The largest absolute Gasteiger partial charge is 0.333 e. The lowest BCUT2D eigenvalue weighted by atomic mass is 10.1. The van der Waals surface area contributed by atoms with Crippen LogP contribution >= 0.6 is 22.7 Å². The van der Waals surface area contributed by atoms with Gasteiger partial charge in [0.25, 0.3) is 11.8 Å². The number of barbiturate groups is 1. The zero-order chi connectivity index (χ0) is 27.4. The van der Waals surface area contributed by atoms with Gasteiger partial charge in [0.1, 0.15) is 10.6 Å². The Kier molecular flexibility index (Phi) is 6.09. The fraction of sp³-hybridized carbons (Fsp3) is 0.129. The van der Waals surface area contributed by atoms with Gasteiger partial charge in [-0.2, -0.15) is 0 Å². The molecule has 4 amide bonds. The van der Waals surface area contributed by atoms with Crippen LogP contribution in [0.15, 0.2) is 78.4 Å². The summed E-state index contributed by atoms with van der Waals surface area (Å²) in [6.07, 6.45) is 1.59. The first-order chi connectivity index (χ1) is 18.7. The van der Waals surface area contributed by atoms with Crippen LogP contribution in [-0.2, 0) is 9.59 Å². The lowest BCUT2D eigenvalue weighted by Gasteiger charge is -2.28. The summed E-state index contributed by atoms with van der Waals surface area (Å²) in [5.41, 5.74) is 4.61. The van der Waals surface area contributed by atoms with Gasteiger partial charge in [-0.05, 0) is 79.2 Å². The minimum absolute atomic E-state index is 0.0120. The zero-order valence-corrected chi connectivity index (χ0v) is 23.5. The van der Waals surface area contributed by atoms with E-state index >= 15 is 0 Å². The molecular formula is C31H25N3O3S2. The predicted molar refractivity (Wildman–Crippen MR) is 160 cm³/mol. The molecule has 1 fully saturated rings. The van der Waals surface area contributed by atoms with Crippen molar-refractivity contribution in [3.63, 3.8) is 0 Å². The van der Waals surface area contributed by atoms with E-state index in [0.717, 1.165) is 51.2 Å². The number of rotatable bonds is 4. The summed E-state index contributed by atoms with van der Waals surface area (Å²) in [4.78, 5) is 42.3. The number of hydrogen-bond acceptors (Lipinski definition) is 6. The number of carbonyl (C=O) groups is 3. The SMILES string of the molecule is Cc1ccc(N(c2ccc(C)cc2)c2cc3cc4sc(C=C5C(=O)N(C)C(=O)N(C)C5=O)cc4cc3s2)cc1. The molecule has 3 heterocycles. The molecule has 0 aliphatic carbocycles. The number of thiophene rings is 2. The molecule has 39 heavy (non-hydrogen) atoms. The molecule has 0 bridgehead atoms. The number of hydrogen-bond donors (Lipinski definition) is 0. The molecule has 0 radical (unpaired) electrons. The predicted octanol–water partition coefficient (Wildman–Crippen LogP) is 7.64. The van der Waals surface area contributed by atoms with Crippen molar-refractivity contribution in [3.05, 3.63) is 94.4 Å². The third-order valence-electron chi connectivity index (χ3n) is 6.90. The first-order valence-electron chi connectivity index (χ1n) is 12.4. The number of amides is 4. The number of anilines is 3. The van der Waals surface area contributed by atoms with Crippen molar-refractivity contribution < 1.29 is 14.4 Å². The standard InChI is InChI=1S/C31H25N3O3S2/c1-18-5-9-22(10-6-18)34(23-11-7-19(2)8-12-23)28-16-21-15-26-20(14-27(21)39-28)13-24(38-26)17-25-29(35)32(3)31(37)33(4)30(25)36/h5-17H,1-4H3. The van der Waals surface area contributed by atoms with Gasteiger partial charge in [-0.1, -0.05) is 35.4 Å². The van der Waals surface area contributed by atoms with Gasteiger partial charge >= 0.3 is 6.03 Å². The Hall–Kier alpha value is -4.27. The topological polar surface area (TPSA) is 60.9 Å². The average Bonchev–Trinajstić information content (AvgIpc) is 3.52. The summed E-state index contributed by atoms with van der Waals surface area (Å²) >= 11 is 3.24. The van der Waals surface area contributed by atoms with Crippen LogP contribution in [0.5, 0.6) is 0 Å². The van der Waals surface area contributed by atoms with Gasteiger partial charge < -0.3 is 4.90 Å². The van der Waals surface area contributed by atoms with Gasteiger partial charge in [-0.15, -0.1) is 22.7 Å². The van der Waals surface area contributed by atoms with E-state index in [1.165, 1.54) is 36.6 Å². The third kappa shape index (κ3) is 4.41. The minimum Gasteiger partial charge on any atom is -0.302 e. The average molecular weight is 552 g/mol. The molecule has 0 N–H and O–H groups in total. The molecule has 0 unspecified atom stereocenters. The first-order valence-corrected chi connectivity index (χ1v) is 14.1. The Morgan fingerprint density at radius 2 is 1.15 bits per heavy atom. The van der Waals surface area contributed by atoms with Crippen LogP contribution in [0, 0.1) is 13.8 Å². The monoisotopic (exact) mass is 551 g/mol. The lowest BCUT2D eigenvalue weighted by molar-refractivity contribution is -0.134. The van der Waals surface area contributed by atoms with E-state index < -0.39 is 17.8 Å². The summed E-state index contributed by atoms with van der Waals surface area (Å²) in [5.74, 6) is -1.17. The maximum absolute atomic E-state index is 12.6. The second-order valence-electron chi connectivity index (χ2n) is 9.74. The fourth-order valence-corrected chi connectivity index (χ4v) is 6.84. The molecule has 1 saturated heterocycles. The highest BCUT2D eigenvalue weighted by atomic mass is 32.1. The van der Waals surface area contributed by atoms with Crippen molar-refractivity contribution in [2.45, 2.75) is 13.8 Å². The smallest absolute Gasteiger partial charge is 0.302 e. The van der Waals surface area contributed by atoms with E-state index in [0.29, 0.717) is 0 Å². The quantitative estimate of drug-likeness (QED) is 0.170. The van der Waals surface area contributed by atoms with Crippen molar-refractivity contribution in [2.75, 3.05) is 19.0 Å². The van der Waals surface area contributed by atoms with Crippen molar-refractivity contribution in [2.24, 2.45) is 0 Å². The lowest BCUT2D eigenvalue weighted by Crippen LogP contribution is -2.52. The molecule has 0 atom stereocenters. The van der Waals surface area contributed by atoms with Crippen LogP contribution in [0.3, 0.4) is 0 Å². The molecule has 2 aromatic heterocycles. The number of likely N-dealkylation sites (N-methyl/N-ethyl adjacent to an activating group) is 2. The van der Waals surface area contributed by atoms with E-state index in [4.69, 9.17) is 0 Å². The highest BCUT2D eigenvalue weighted by Crippen LogP contribution is 2.43. The summed E-state index contributed by atoms with van der Waals surface area (Å²) in [5, 5.41) is 3.29. The molecule has 3 aromatic carbocycles. The van der Waals surface area contributed by atoms with Crippen LogP contribution in [0.2, 0.25) is 0 Å². The highest BCUT2D eigenvalue weighted by molar-refractivity contribution is 7.23. The summed E-state index contributed by atoms with van der Waals surface area (Å²) in [6, 6.07) is 25.0. The van der Waals surface area contributed by atoms with Gasteiger partial charge in [-0.25, -0.2) is 4.79 Å². The normalized spacial score (nSPS) is 14.2. The van der Waals surface area contributed by atoms with Crippen LogP contribution in [0.25, 0.3) is 26.2 Å². The molecule has 8 heteroatoms. The van der Waals surface area contributed by atoms with Crippen molar-refractivity contribution in [3.8, 4) is 0 Å². The number of urea groups is 1. The van der Waals surface area contributed by atoms with Crippen LogP contribution in [0.4, 0.5) is 21.2 Å². The molecule has 194 valence electrons. The van der Waals surface area contributed by atoms with Gasteiger partial charge in [0, 0.05) is 39.7 Å². The molecule has 5 aromatic rings. The molecular weight excluding hydrogens is 526 g/mol. The second kappa shape index (κ2) is 9.48. The second-order valence-corrected chi connectivity index (χ2v) is 11.9. The Balaban J connectivity index is 1.41. The summed E-state index contributed by atoms with van der Waals surface area (Å²) < 4.78 is 2.21. The highest BCUT2D eigenvalue weighted by Gasteiger charge is 2.37. The maximum atomic E-state index is 12.6. The molecule has 6 rings (SSSR count). The Labute approximate surface area is 234 Å². The fourth-order valence-electron chi connectivity index (χ4n) is 4.67. The molecule has 6 nitrogen and oxygen atoms in total. The van der Waals surface area contributed by atoms with Crippen molar-refractivity contribution >= 4 is 83.1 Å². The van der Waals surface area contributed by atoms with E-state index in [9.17, 15) is 14.4 Å². The van der Waals surface area contributed by atoms with E-state index in [1.54, 1.807) is 17.4 Å². The first kappa shape index (κ1) is 25.0. The van der Waals surface area contributed by atoms with E-state index in [-0.39, 0.29) is 5.57 Å². The van der Waals surface area contributed by atoms with Crippen molar-refractivity contribution in [1.29, 1.82) is 0 Å². The minimum atomic E-state index is -0.625. The molecule has 0 spiro atoms. The number of aryl methyl sites for hydroxylation is 2. The van der Waals surface area contributed by atoms with Gasteiger partial charge in [0.2, 0.25) is 0 Å². The number of nitrogens with zero attached hydrogens (tertiary/aromatic N) is 3. The Morgan fingerprint density at radius 1 is 0.667 bits per heavy atom. The Morgan fingerprint density at radius 3 is 1.69 bits per heavy atom. The van der Waals surface area contributed by atoms with Gasteiger partial charge in [-0.3, -0.25) is 19.4 Å². The number of imide groups is 2. The van der Waals surface area contributed by atoms with E-state index in [1.807, 2.05) is 6.07 Å². The van der Waals surface area contributed by atoms with E-state index in [2.05, 4.69) is 85.5 Å². The van der Waals surface area contributed by atoms with Crippen LogP contribution in [0.1, 0.15) is 16.0 Å². The van der Waals surface area contributed by atoms with Crippen molar-refractivity contribution in [1.82, 2.24) is 9.80 Å². The zero-order valence-electron chi connectivity index (χ0n) is 21.9. The van der Waals surface area contributed by atoms with Gasteiger partial charge in [0.15, 0.2) is 0 Å². The third-order valence-corrected chi connectivity index (χ3v) is 9.02. The molecule has 1 aliphatic heterocycles. The number of benzene rings is 3. The maximum Gasteiger partial charge on any atom is 0.333 e. The van der Waals surface area contributed by atoms with Crippen LogP contribution < -0.4 is 4.90 Å². The summed E-state index contributed by atoms with van der Waals surface area (Å²) in [6.45, 7) is 4.18. The number of carbonyl (C=O) groups excluding carboxylic acids is 3.